The van der Waals surface area contributed by atoms with E-state index < -0.39 is 5.82 Å². The number of nitriles is 1. The zero-order valence-corrected chi connectivity index (χ0v) is 10.6. The topological polar surface area (TPSA) is 44.1 Å². The van der Waals surface area contributed by atoms with Gasteiger partial charge in [0.15, 0.2) is 0 Å². The van der Waals surface area contributed by atoms with Crippen LogP contribution in [0.4, 0.5) is 4.39 Å². The van der Waals surface area contributed by atoms with Gasteiger partial charge >= 0.3 is 0 Å². The van der Waals surface area contributed by atoms with Gasteiger partial charge in [-0.1, -0.05) is 0 Å². The Hall–Kier alpha value is -1.41. The Bertz CT molecular complexity index is 494. The van der Waals surface area contributed by atoms with Gasteiger partial charge in [-0.3, -0.25) is 4.79 Å². The first kappa shape index (κ1) is 12.1. The molecule has 0 N–H and O–H groups in total. The summed E-state index contributed by atoms with van der Waals surface area (Å²) in [5.41, 5.74) is 0.271. The second-order valence-electron chi connectivity index (χ2n) is 3.95. The van der Waals surface area contributed by atoms with Crippen molar-refractivity contribution < 1.29 is 9.18 Å². The Balaban J connectivity index is 2.28. The van der Waals surface area contributed by atoms with Crippen LogP contribution in [0.3, 0.4) is 0 Å². The Morgan fingerprint density at radius 2 is 2.29 bits per heavy atom. The maximum Gasteiger partial charge on any atom is 0.256 e. The standard InChI is InChI=1S/C12H10BrFN2O/c13-11-4-1-8(14)7-10(11)12(17)16(6-5-15)9-2-3-9/h1,4,7,9H,2-3,6H2. The maximum atomic E-state index is 13.1. The molecule has 0 radical (unpaired) electrons. The van der Waals surface area contributed by atoms with Gasteiger partial charge in [-0.15, -0.1) is 0 Å². The molecule has 1 aliphatic rings. The van der Waals surface area contributed by atoms with Crippen molar-refractivity contribution in [1.82, 2.24) is 4.90 Å². The third-order valence-electron chi connectivity index (χ3n) is 2.65. The Morgan fingerprint density at radius 3 is 2.88 bits per heavy atom. The molecule has 0 aromatic heterocycles. The molecule has 0 atom stereocenters. The molecule has 1 aromatic rings. The number of rotatable bonds is 3. The van der Waals surface area contributed by atoms with Gasteiger partial charge in [-0.2, -0.15) is 5.26 Å². The minimum atomic E-state index is -0.454. The second kappa shape index (κ2) is 4.84. The van der Waals surface area contributed by atoms with Crippen LogP contribution in [0, 0.1) is 17.1 Å². The van der Waals surface area contributed by atoms with Crippen molar-refractivity contribution in [2.45, 2.75) is 18.9 Å². The van der Waals surface area contributed by atoms with Crippen LogP contribution in [0.2, 0.25) is 0 Å². The minimum absolute atomic E-state index is 0.0481. The summed E-state index contributed by atoms with van der Waals surface area (Å²) >= 11 is 3.22. The zero-order valence-electron chi connectivity index (χ0n) is 8.99. The highest BCUT2D eigenvalue weighted by Gasteiger charge is 2.33. The van der Waals surface area contributed by atoms with E-state index in [1.165, 1.54) is 23.1 Å². The van der Waals surface area contributed by atoms with Gasteiger partial charge < -0.3 is 4.90 Å². The number of nitrogens with zero attached hydrogens (tertiary/aromatic N) is 2. The van der Waals surface area contributed by atoms with E-state index in [9.17, 15) is 9.18 Å². The summed E-state index contributed by atoms with van der Waals surface area (Å²) in [7, 11) is 0. The summed E-state index contributed by atoms with van der Waals surface area (Å²) in [4.78, 5) is 13.7. The van der Waals surface area contributed by atoms with Crippen molar-refractivity contribution in [2.75, 3.05) is 6.54 Å². The van der Waals surface area contributed by atoms with E-state index in [0.717, 1.165) is 12.8 Å². The molecular weight excluding hydrogens is 287 g/mol. The molecular formula is C12H10BrFN2O. The van der Waals surface area contributed by atoms with Crippen LogP contribution in [-0.4, -0.2) is 23.4 Å². The molecule has 0 saturated heterocycles. The van der Waals surface area contributed by atoms with Gasteiger partial charge in [0.25, 0.3) is 5.91 Å². The van der Waals surface area contributed by atoms with E-state index >= 15 is 0 Å². The molecule has 1 saturated carbocycles. The van der Waals surface area contributed by atoms with Gasteiger partial charge in [-0.25, -0.2) is 4.39 Å². The zero-order chi connectivity index (χ0) is 12.4. The molecule has 0 bridgehead atoms. The fourth-order valence-electron chi connectivity index (χ4n) is 1.65. The molecule has 0 unspecified atom stereocenters. The van der Waals surface area contributed by atoms with Crippen LogP contribution < -0.4 is 0 Å². The summed E-state index contributed by atoms with van der Waals surface area (Å²) in [6.07, 6.45) is 1.83. The first-order valence-electron chi connectivity index (χ1n) is 5.26. The van der Waals surface area contributed by atoms with E-state index in [2.05, 4.69) is 15.9 Å². The quantitative estimate of drug-likeness (QED) is 0.805. The first-order chi connectivity index (χ1) is 8.13. The molecule has 1 aliphatic carbocycles. The fraction of sp³-hybridized carbons (Fsp3) is 0.333. The van der Waals surface area contributed by atoms with Gasteiger partial charge in [-0.05, 0) is 47.0 Å². The smallest absolute Gasteiger partial charge is 0.256 e. The number of halogens is 2. The molecule has 1 amide bonds. The predicted molar refractivity (Wildman–Crippen MR) is 63.8 cm³/mol. The number of carbonyl (C=O) groups excluding carboxylic acids is 1. The number of hydrogen-bond acceptors (Lipinski definition) is 2. The van der Waals surface area contributed by atoms with Crippen LogP contribution in [0.5, 0.6) is 0 Å². The Morgan fingerprint density at radius 1 is 1.59 bits per heavy atom. The van der Waals surface area contributed by atoms with Crippen molar-refractivity contribution in [1.29, 1.82) is 5.26 Å². The van der Waals surface area contributed by atoms with E-state index in [4.69, 9.17) is 5.26 Å². The molecule has 0 spiro atoms. The molecule has 2 rings (SSSR count). The molecule has 1 fully saturated rings. The first-order valence-corrected chi connectivity index (χ1v) is 6.05. The Labute approximate surface area is 107 Å². The largest absolute Gasteiger partial charge is 0.322 e. The second-order valence-corrected chi connectivity index (χ2v) is 4.80. The number of amides is 1. The highest BCUT2D eigenvalue weighted by Crippen LogP contribution is 2.29. The minimum Gasteiger partial charge on any atom is -0.322 e. The Kier molecular flexibility index (Phi) is 3.43. The lowest BCUT2D eigenvalue weighted by atomic mass is 10.2. The highest BCUT2D eigenvalue weighted by atomic mass is 79.9. The summed E-state index contributed by atoms with van der Waals surface area (Å²) < 4.78 is 13.7. The lowest BCUT2D eigenvalue weighted by Gasteiger charge is -2.19. The summed E-state index contributed by atoms with van der Waals surface area (Å²) in [5.74, 6) is -0.746. The number of carbonyl (C=O) groups is 1. The molecule has 88 valence electrons. The fourth-order valence-corrected chi connectivity index (χ4v) is 2.06. The summed E-state index contributed by atoms with van der Waals surface area (Å²) in [6, 6.07) is 6.08. The van der Waals surface area contributed by atoms with E-state index in [0.29, 0.717) is 4.47 Å². The SMILES string of the molecule is N#CCN(C(=O)c1cc(F)ccc1Br)C1CC1. The van der Waals surface area contributed by atoms with Crippen molar-refractivity contribution >= 4 is 21.8 Å². The van der Waals surface area contributed by atoms with E-state index in [-0.39, 0.29) is 24.1 Å². The van der Waals surface area contributed by atoms with Crippen molar-refractivity contribution in [2.24, 2.45) is 0 Å². The molecule has 1 aromatic carbocycles. The van der Waals surface area contributed by atoms with Gasteiger partial charge in [0, 0.05) is 10.5 Å². The maximum absolute atomic E-state index is 13.1. The van der Waals surface area contributed by atoms with E-state index in [1.54, 1.807) is 0 Å². The number of hydrogen-bond donors (Lipinski definition) is 0. The predicted octanol–water partition coefficient (Wildman–Crippen LogP) is 2.72. The van der Waals surface area contributed by atoms with Crippen LogP contribution in [0.25, 0.3) is 0 Å². The lowest BCUT2D eigenvalue weighted by molar-refractivity contribution is 0.0763. The van der Waals surface area contributed by atoms with Gasteiger partial charge in [0.05, 0.1) is 11.6 Å². The van der Waals surface area contributed by atoms with Crippen LogP contribution >= 0.6 is 15.9 Å². The van der Waals surface area contributed by atoms with Crippen LogP contribution in [0.15, 0.2) is 22.7 Å². The van der Waals surface area contributed by atoms with Gasteiger partial charge in [0.1, 0.15) is 12.4 Å². The molecule has 3 nitrogen and oxygen atoms in total. The molecule has 17 heavy (non-hydrogen) atoms. The third kappa shape index (κ3) is 2.64. The molecule has 5 heteroatoms. The number of benzene rings is 1. The molecule has 0 aliphatic heterocycles. The van der Waals surface area contributed by atoms with Crippen molar-refractivity contribution in [3.05, 3.63) is 34.1 Å². The summed E-state index contributed by atoms with van der Waals surface area (Å²) in [5, 5.41) is 8.70. The lowest BCUT2D eigenvalue weighted by Crippen LogP contribution is -2.33. The van der Waals surface area contributed by atoms with Crippen molar-refractivity contribution in [3.8, 4) is 6.07 Å². The van der Waals surface area contributed by atoms with Gasteiger partial charge in [0.2, 0.25) is 0 Å². The van der Waals surface area contributed by atoms with E-state index in [1.807, 2.05) is 6.07 Å². The third-order valence-corrected chi connectivity index (χ3v) is 3.34. The molecule has 0 heterocycles. The monoisotopic (exact) mass is 296 g/mol. The highest BCUT2D eigenvalue weighted by molar-refractivity contribution is 9.10. The normalized spacial score (nSPS) is 14.2. The average Bonchev–Trinajstić information content (AvgIpc) is 3.12. The summed E-state index contributed by atoms with van der Waals surface area (Å²) in [6.45, 7) is 0.0481. The van der Waals surface area contributed by atoms with Crippen LogP contribution in [-0.2, 0) is 0 Å². The van der Waals surface area contributed by atoms with Crippen molar-refractivity contribution in [3.63, 3.8) is 0 Å². The average molecular weight is 297 g/mol. The van der Waals surface area contributed by atoms with Crippen LogP contribution in [0.1, 0.15) is 23.2 Å².